The lowest BCUT2D eigenvalue weighted by atomic mass is 9.87. The van der Waals surface area contributed by atoms with Gasteiger partial charge in [-0.05, 0) is 59.4 Å². The van der Waals surface area contributed by atoms with Crippen LogP contribution in [0.25, 0.3) is 17.0 Å². The van der Waals surface area contributed by atoms with E-state index in [1.807, 2.05) is 6.07 Å². The van der Waals surface area contributed by atoms with E-state index >= 15 is 0 Å². The van der Waals surface area contributed by atoms with Crippen molar-refractivity contribution in [3.05, 3.63) is 95.7 Å². The van der Waals surface area contributed by atoms with Gasteiger partial charge in [0.15, 0.2) is 0 Å². The number of rotatable bonds is 6. The summed E-state index contributed by atoms with van der Waals surface area (Å²) in [6, 6.07) is 16.5. The van der Waals surface area contributed by atoms with E-state index in [9.17, 15) is 17.6 Å². The number of allylic oxidation sites excluding steroid dienone is 1. The highest BCUT2D eigenvalue weighted by Crippen LogP contribution is 2.40. The maximum Gasteiger partial charge on any atom is 0.393 e. The number of nitrogens with zero attached hydrogens (tertiary/aromatic N) is 2. The molecule has 1 saturated heterocycles. The lowest BCUT2D eigenvalue weighted by Crippen LogP contribution is -2.18. The van der Waals surface area contributed by atoms with Gasteiger partial charge in [-0.25, -0.2) is 9.37 Å². The summed E-state index contributed by atoms with van der Waals surface area (Å²) in [5.41, 5.74) is 7.84. The lowest BCUT2D eigenvalue weighted by molar-refractivity contribution is -0.122. The minimum absolute atomic E-state index is 0.0519. The fourth-order valence-corrected chi connectivity index (χ4v) is 4.30. The minimum atomic E-state index is -4.46. The number of halogens is 4. The van der Waals surface area contributed by atoms with E-state index in [0.717, 1.165) is 31.7 Å². The standard InChI is InChI=1S/C27H25F4N3/c1-18(28)22-15-20(9-11-24(22)32)26(21-10-12-25(33-17-21)34-13-5-6-14-34)23(16-27(29,30)31)19-7-3-2-4-8-19/h2-4,7-12,15,17H,1,5-6,13-14,16,32H2/b26-23-. The Morgan fingerprint density at radius 3 is 2.21 bits per heavy atom. The number of benzene rings is 2. The highest BCUT2D eigenvalue weighted by molar-refractivity contribution is 5.99. The third-order valence-corrected chi connectivity index (χ3v) is 5.90. The molecule has 3 nitrogen and oxygen atoms in total. The molecule has 0 atom stereocenters. The molecule has 1 fully saturated rings. The molecule has 34 heavy (non-hydrogen) atoms. The fraction of sp³-hybridized carbons (Fsp3) is 0.222. The summed E-state index contributed by atoms with van der Waals surface area (Å²) in [5.74, 6) is 0.0334. The molecule has 2 N–H and O–H groups in total. The van der Waals surface area contributed by atoms with Gasteiger partial charge in [0.25, 0.3) is 0 Å². The summed E-state index contributed by atoms with van der Waals surface area (Å²) in [6.07, 6.45) is -1.86. The van der Waals surface area contributed by atoms with Crippen LogP contribution in [-0.2, 0) is 0 Å². The molecule has 4 rings (SSSR count). The molecule has 0 unspecified atom stereocenters. The highest BCUT2D eigenvalue weighted by Gasteiger charge is 2.32. The van der Waals surface area contributed by atoms with Crippen LogP contribution in [0.5, 0.6) is 0 Å². The lowest BCUT2D eigenvalue weighted by Gasteiger charge is -2.21. The molecule has 3 aromatic rings. The first-order valence-corrected chi connectivity index (χ1v) is 11.0. The monoisotopic (exact) mass is 467 g/mol. The van der Waals surface area contributed by atoms with Crippen molar-refractivity contribution >= 4 is 28.5 Å². The van der Waals surface area contributed by atoms with Crippen LogP contribution in [0.3, 0.4) is 0 Å². The van der Waals surface area contributed by atoms with Gasteiger partial charge in [-0.1, -0.05) is 43.0 Å². The zero-order valence-corrected chi connectivity index (χ0v) is 18.6. The number of hydrogen-bond donors (Lipinski definition) is 1. The Hall–Kier alpha value is -3.61. The Bertz CT molecular complexity index is 1190. The largest absolute Gasteiger partial charge is 0.398 e. The maximum absolute atomic E-state index is 14.1. The second-order valence-corrected chi connectivity index (χ2v) is 8.32. The first-order chi connectivity index (χ1) is 16.2. The molecule has 0 bridgehead atoms. The van der Waals surface area contributed by atoms with E-state index in [2.05, 4.69) is 16.5 Å². The Labute approximate surface area is 196 Å². The summed E-state index contributed by atoms with van der Waals surface area (Å²) in [7, 11) is 0. The first-order valence-electron chi connectivity index (χ1n) is 11.0. The molecule has 2 aromatic carbocycles. The number of hydrogen-bond acceptors (Lipinski definition) is 3. The van der Waals surface area contributed by atoms with Crippen LogP contribution in [0.2, 0.25) is 0 Å². The van der Waals surface area contributed by atoms with Crippen molar-refractivity contribution in [3.63, 3.8) is 0 Å². The topological polar surface area (TPSA) is 42.2 Å². The molecule has 0 radical (unpaired) electrons. The molecule has 1 aromatic heterocycles. The van der Waals surface area contributed by atoms with Gasteiger partial charge in [-0.15, -0.1) is 0 Å². The Kier molecular flexibility index (Phi) is 6.72. The van der Waals surface area contributed by atoms with Crippen molar-refractivity contribution < 1.29 is 17.6 Å². The summed E-state index contributed by atoms with van der Waals surface area (Å²) in [6.45, 7) is 5.12. The number of pyridine rings is 1. The maximum atomic E-state index is 14.1. The van der Waals surface area contributed by atoms with Gasteiger partial charge < -0.3 is 10.6 Å². The van der Waals surface area contributed by atoms with Crippen molar-refractivity contribution in [1.29, 1.82) is 0 Å². The number of nitrogens with two attached hydrogens (primary N) is 1. The number of anilines is 2. The van der Waals surface area contributed by atoms with E-state index in [1.165, 1.54) is 12.1 Å². The SMILES string of the molecule is C=C(F)c1cc(/C(=C(\CC(F)(F)F)c2ccccc2)c2ccc(N3CCCC3)nc2)ccc1N. The summed E-state index contributed by atoms with van der Waals surface area (Å²) in [4.78, 5) is 6.70. The van der Waals surface area contributed by atoms with Crippen LogP contribution >= 0.6 is 0 Å². The molecule has 1 aliphatic heterocycles. The normalized spacial score (nSPS) is 14.8. The summed E-state index contributed by atoms with van der Waals surface area (Å²) >= 11 is 0. The molecule has 7 heteroatoms. The van der Waals surface area contributed by atoms with Crippen LogP contribution in [0.1, 0.15) is 41.5 Å². The van der Waals surface area contributed by atoms with Crippen molar-refractivity contribution in [2.24, 2.45) is 0 Å². The summed E-state index contributed by atoms with van der Waals surface area (Å²) in [5, 5.41) is 0. The summed E-state index contributed by atoms with van der Waals surface area (Å²) < 4.78 is 55.4. The average Bonchev–Trinajstić information content (AvgIpc) is 3.35. The van der Waals surface area contributed by atoms with Crippen molar-refractivity contribution in [3.8, 4) is 0 Å². The van der Waals surface area contributed by atoms with E-state index < -0.39 is 18.4 Å². The van der Waals surface area contributed by atoms with E-state index in [4.69, 9.17) is 5.73 Å². The molecule has 0 saturated carbocycles. The zero-order valence-electron chi connectivity index (χ0n) is 18.6. The Morgan fingerprint density at radius 2 is 1.62 bits per heavy atom. The van der Waals surface area contributed by atoms with Crippen molar-refractivity contribution in [2.75, 3.05) is 23.7 Å². The molecule has 0 spiro atoms. The molecule has 0 aliphatic carbocycles. The molecular weight excluding hydrogens is 442 g/mol. The second-order valence-electron chi connectivity index (χ2n) is 8.32. The van der Waals surface area contributed by atoms with Crippen LogP contribution in [0.4, 0.5) is 29.1 Å². The second kappa shape index (κ2) is 9.71. The van der Waals surface area contributed by atoms with Crippen LogP contribution in [0.15, 0.2) is 73.4 Å². The minimum Gasteiger partial charge on any atom is -0.398 e. The van der Waals surface area contributed by atoms with Crippen molar-refractivity contribution in [2.45, 2.75) is 25.4 Å². The van der Waals surface area contributed by atoms with Crippen LogP contribution < -0.4 is 10.6 Å². The number of nitrogen functional groups attached to an aromatic ring is 1. The molecule has 2 heterocycles. The van der Waals surface area contributed by atoms with Crippen LogP contribution in [-0.4, -0.2) is 24.2 Å². The smallest absolute Gasteiger partial charge is 0.393 e. The zero-order chi connectivity index (χ0) is 24.3. The molecule has 176 valence electrons. The quantitative estimate of drug-likeness (QED) is 0.239. The fourth-order valence-electron chi connectivity index (χ4n) is 4.30. The van der Waals surface area contributed by atoms with Gasteiger partial charge in [0.2, 0.25) is 0 Å². The molecule has 0 amide bonds. The van der Waals surface area contributed by atoms with E-state index in [1.54, 1.807) is 48.7 Å². The highest BCUT2D eigenvalue weighted by atomic mass is 19.4. The third kappa shape index (κ3) is 5.30. The average molecular weight is 468 g/mol. The van der Waals surface area contributed by atoms with Gasteiger partial charge in [-0.3, -0.25) is 0 Å². The predicted molar refractivity (Wildman–Crippen MR) is 130 cm³/mol. The van der Waals surface area contributed by atoms with Gasteiger partial charge in [0.05, 0.1) is 6.42 Å². The Morgan fingerprint density at radius 1 is 0.941 bits per heavy atom. The van der Waals surface area contributed by atoms with Gasteiger partial charge >= 0.3 is 6.18 Å². The van der Waals surface area contributed by atoms with E-state index in [0.29, 0.717) is 22.3 Å². The molecule has 1 aliphatic rings. The third-order valence-electron chi connectivity index (χ3n) is 5.90. The van der Waals surface area contributed by atoms with Crippen LogP contribution in [0, 0.1) is 0 Å². The number of alkyl halides is 3. The van der Waals surface area contributed by atoms with Gasteiger partial charge in [0.1, 0.15) is 11.6 Å². The Balaban J connectivity index is 1.95. The van der Waals surface area contributed by atoms with Gasteiger partial charge in [-0.2, -0.15) is 13.2 Å². The molecular formula is C27H25F4N3. The van der Waals surface area contributed by atoms with Crippen molar-refractivity contribution in [1.82, 2.24) is 4.98 Å². The van der Waals surface area contributed by atoms with E-state index in [-0.39, 0.29) is 16.8 Å². The number of aromatic nitrogens is 1. The van der Waals surface area contributed by atoms with Gasteiger partial charge in [0, 0.05) is 36.1 Å². The first kappa shape index (κ1) is 23.5. The predicted octanol–water partition coefficient (Wildman–Crippen LogP) is 7.12.